The van der Waals surface area contributed by atoms with Crippen LogP contribution in [-0.4, -0.2) is 34.0 Å². The molecule has 1 unspecified atom stereocenters. The van der Waals surface area contributed by atoms with Gasteiger partial charge in [-0.05, 0) is 45.3 Å². The Morgan fingerprint density at radius 2 is 2.15 bits per heavy atom. The van der Waals surface area contributed by atoms with Crippen molar-refractivity contribution in [1.29, 1.82) is 0 Å². The number of carbonyl (C=O) groups excluding carboxylic acids is 1. The van der Waals surface area contributed by atoms with Crippen LogP contribution >= 0.6 is 11.3 Å². The Morgan fingerprint density at radius 3 is 2.81 bits per heavy atom. The quantitative estimate of drug-likeness (QED) is 0.665. The van der Waals surface area contributed by atoms with E-state index in [1.54, 1.807) is 6.92 Å². The first-order valence-corrected chi connectivity index (χ1v) is 9.99. The second kappa shape index (κ2) is 10.2. The Kier molecular flexibility index (Phi) is 7.99. The Labute approximate surface area is 163 Å². The summed E-state index contributed by atoms with van der Waals surface area (Å²) in [6.07, 6.45) is 6.89. The lowest BCUT2D eigenvalue weighted by molar-refractivity contribution is 0.182. The largest absolute Gasteiger partial charge is 0.413 e. The summed E-state index contributed by atoms with van der Waals surface area (Å²) >= 11 is 1.29. The zero-order valence-corrected chi connectivity index (χ0v) is 17.1. The molecule has 2 aromatic rings. The van der Waals surface area contributed by atoms with Crippen LogP contribution in [-0.2, 0) is 6.42 Å². The van der Waals surface area contributed by atoms with Gasteiger partial charge in [-0.2, -0.15) is 0 Å². The minimum atomic E-state index is -0.588. The Balaban J connectivity index is 2.07. The highest BCUT2D eigenvalue weighted by Crippen LogP contribution is 2.29. The normalized spacial score (nSPS) is 12.5. The van der Waals surface area contributed by atoms with E-state index in [-0.39, 0.29) is 12.6 Å². The van der Waals surface area contributed by atoms with E-state index in [9.17, 15) is 4.79 Å². The molecule has 0 radical (unpaired) electrons. The number of amides is 1. The lowest BCUT2D eigenvalue weighted by Crippen LogP contribution is -2.38. The molecule has 0 aliphatic rings. The summed E-state index contributed by atoms with van der Waals surface area (Å²) < 4.78 is 10.6. The first kappa shape index (κ1) is 21.1. The monoisotopic (exact) mass is 393 g/mol. The van der Waals surface area contributed by atoms with Crippen molar-refractivity contribution in [3.63, 3.8) is 0 Å². The molecule has 1 atom stereocenters. The van der Waals surface area contributed by atoms with Crippen molar-refractivity contribution >= 4 is 29.6 Å². The molecule has 0 aliphatic carbocycles. The Morgan fingerprint density at radius 1 is 1.37 bits per heavy atom. The molecule has 2 aromatic heterocycles. The number of thiazole rings is 1. The number of carbonyl (C=O) groups is 1. The first-order valence-electron chi connectivity index (χ1n) is 9.18. The van der Waals surface area contributed by atoms with Crippen molar-refractivity contribution < 1.29 is 19.2 Å². The number of aromatic nitrogens is 2. The van der Waals surface area contributed by atoms with Crippen molar-refractivity contribution in [3.05, 3.63) is 27.7 Å². The number of ether oxygens (including phenoxy) is 1. The Bertz CT molecular complexity index is 778. The maximum Gasteiger partial charge on any atom is 0.413 e. The van der Waals surface area contributed by atoms with Gasteiger partial charge in [-0.25, -0.2) is 9.78 Å². The number of aliphatic hydroxyl groups excluding tert-OH is 1. The molecule has 2 N–H and O–H groups in total. The molecular formula is C19H27N3O4S. The minimum Gasteiger partial charge on any atom is -0.397 e. The van der Waals surface area contributed by atoms with Gasteiger partial charge in [0.1, 0.15) is 10.8 Å². The van der Waals surface area contributed by atoms with Gasteiger partial charge in [0.05, 0.1) is 24.0 Å². The number of aliphatic hydroxyl groups is 1. The summed E-state index contributed by atoms with van der Waals surface area (Å²) in [6, 6.07) is -0.316. The van der Waals surface area contributed by atoms with Gasteiger partial charge >= 0.3 is 6.09 Å². The van der Waals surface area contributed by atoms with E-state index in [2.05, 4.69) is 22.4 Å². The lowest BCUT2D eigenvalue weighted by atomic mass is 10.1. The summed E-state index contributed by atoms with van der Waals surface area (Å²) in [5.41, 5.74) is 2.56. The van der Waals surface area contributed by atoms with Crippen LogP contribution in [0, 0.1) is 13.8 Å². The summed E-state index contributed by atoms with van der Waals surface area (Å²) in [4.78, 5) is 16.4. The standard InChI is InChI=1S/C19H27N3O4S/c1-5-7-8-16-15(13(4)26-22-16)9-10-17-20-12(3)18(27-17)25-19(24)21-14(6-2)11-23/h9-10,14,23H,5-8,11H2,1-4H3,(H,21,24)/b10-9+. The minimum absolute atomic E-state index is 0.125. The molecule has 0 aliphatic heterocycles. The number of aryl methyl sites for hydroxylation is 3. The Hall–Kier alpha value is -2.19. The van der Waals surface area contributed by atoms with Gasteiger partial charge in [0.25, 0.3) is 0 Å². The highest BCUT2D eigenvalue weighted by molar-refractivity contribution is 7.14. The third-order valence-corrected chi connectivity index (χ3v) is 5.13. The van der Waals surface area contributed by atoms with Gasteiger partial charge in [-0.3, -0.25) is 0 Å². The maximum atomic E-state index is 11.9. The van der Waals surface area contributed by atoms with E-state index < -0.39 is 6.09 Å². The predicted octanol–water partition coefficient (Wildman–Crippen LogP) is 4.12. The zero-order chi connectivity index (χ0) is 19.8. The van der Waals surface area contributed by atoms with Crippen LogP contribution in [0.2, 0.25) is 0 Å². The summed E-state index contributed by atoms with van der Waals surface area (Å²) in [7, 11) is 0. The SMILES string of the molecule is CCCCc1noc(C)c1/C=C/c1nc(C)c(OC(=O)NC(CC)CO)s1. The maximum absolute atomic E-state index is 11.9. The van der Waals surface area contributed by atoms with Gasteiger partial charge in [-0.15, -0.1) is 0 Å². The van der Waals surface area contributed by atoms with Gasteiger partial charge < -0.3 is 19.7 Å². The van der Waals surface area contributed by atoms with Crippen LogP contribution < -0.4 is 10.1 Å². The van der Waals surface area contributed by atoms with Gasteiger partial charge in [0, 0.05) is 5.56 Å². The van der Waals surface area contributed by atoms with Crippen molar-refractivity contribution in [3.8, 4) is 5.06 Å². The summed E-state index contributed by atoms with van der Waals surface area (Å²) in [6.45, 7) is 7.57. The van der Waals surface area contributed by atoms with E-state index in [1.807, 2.05) is 26.0 Å². The molecule has 0 saturated heterocycles. The summed E-state index contributed by atoms with van der Waals surface area (Å²) in [5, 5.41) is 17.1. The second-order valence-electron chi connectivity index (χ2n) is 6.28. The average molecular weight is 394 g/mol. The fraction of sp³-hybridized carbons (Fsp3) is 0.526. The smallest absolute Gasteiger partial charge is 0.397 e. The molecule has 1 amide bonds. The van der Waals surface area contributed by atoms with E-state index >= 15 is 0 Å². The van der Waals surface area contributed by atoms with Crippen LogP contribution in [0.1, 0.15) is 60.8 Å². The summed E-state index contributed by atoms with van der Waals surface area (Å²) in [5.74, 6) is 0.774. The van der Waals surface area contributed by atoms with Gasteiger partial charge in [0.15, 0.2) is 0 Å². The van der Waals surface area contributed by atoms with E-state index in [0.29, 0.717) is 17.2 Å². The highest BCUT2D eigenvalue weighted by Gasteiger charge is 2.15. The number of hydrogen-bond donors (Lipinski definition) is 2. The second-order valence-corrected chi connectivity index (χ2v) is 7.28. The molecule has 2 rings (SSSR count). The van der Waals surface area contributed by atoms with Crippen LogP contribution in [0.4, 0.5) is 4.79 Å². The van der Waals surface area contributed by atoms with Gasteiger partial charge in [0.2, 0.25) is 5.06 Å². The molecule has 0 bridgehead atoms. The van der Waals surface area contributed by atoms with Crippen molar-refractivity contribution in [2.75, 3.05) is 6.61 Å². The lowest BCUT2D eigenvalue weighted by Gasteiger charge is -2.13. The molecule has 0 aromatic carbocycles. The van der Waals surface area contributed by atoms with Crippen molar-refractivity contribution in [1.82, 2.24) is 15.5 Å². The molecule has 148 valence electrons. The predicted molar refractivity (Wildman–Crippen MR) is 106 cm³/mol. The first-order chi connectivity index (χ1) is 13.0. The number of hydrogen-bond acceptors (Lipinski definition) is 7. The number of rotatable bonds is 9. The zero-order valence-electron chi connectivity index (χ0n) is 16.2. The molecule has 0 spiro atoms. The van der Waals surface area contributed by atoms with E-state index in [0.717, 1.165) is 41.3 Å². The molecular weight excluding hydrogens is 366 g/mol. The van der Waals surface area contributed by atoms with Crippen LogP contribution in [0.15, 0.2) is 4.52 Å². The van der Waals surface area contributed by atoms with E-state index in [4.69, 9.17) is 14.4 Å². The third-order valence-electron chi connectivity index (χ3n) is 4.13. The fourth-order valence-corrected chi connectivity index (χ4v) is 3.26. The number of unbranched alkanes of at least 4 members (excludes halogenated alkanes) is 1. The molecule has 2 heterocycles. The number of nitrogens with one attached hydrogen (secondary N) is 1. The average Bonchev–Trinajstić information content (AvgIpc) is 3.18. The van der Waals surface area contributed by atoms with Crippen molar-refractivity contribution in [2.45, 2.75) is 59.4 Å². The highest BCUT2D eigenvalue weighted by atomic mass is 32.1. The third kappa shape index (κ3) is 5.90. The fourth-order valence-electron chi connectivity index (χ4n) is 2.44. The number of nitrogens with zero attached hydrogens (tertiary/aromatic N) is 2. The molecule has 7 nitrogen and oxygen atoms in total. The van der Waals surface area contributed by atoms with Crippen molar-refractivity contribution in [2.24, 2.45) is 0 Å². The molecule has 0 saturated carbocycles. The van der Waals surface area contributed by atoms with Crippen LogP contribution in [0.3, 0.4) is 0 Å². The molecule has 0 fully saturated rings. The molecule has 27 heavy (non-hydrogen) atoms. The van der Waals surface area contributed by atoms with E-state index in [1.165, 1.54) is 11.3 Å². The van der Waals surface area contributed by atoms with Gasteiger partial charge in [-0.1, -0.05) is 36.8 Å². The molecule has 8 heteroatoms. The van der Waals surface area contributed by atoms with Crippen LogP contribution in [0.25, 0.3) is 12.2 Å². The topological polar surface area (TPSA) is 97.5 Å². The van der Waals surface area contributed by atoms with Crippen LogP contribution in [0.5, 0.6) is 5.06 Å².